The van der Waals surface area contributed by atoms with Gasteiger partial charge < -0.3 is 4.74 Å². The van der Waals surface area contributed by atoms with E-state index >= 15 is 0 Å². The number of carbonyl (C=O) groups is 2. The largest absolute Gasteiger partial charge is 0.448 e. The fourth-order valence-corrected chi connectivity index (χ4v) is 3.04. The number of aryl methyl sites for hydroxylation is 1. The summed E-state index contributed by atoms with van der Waals surface area (Å²) >= 11 is 5.81. The van der Waals surface area contributed by atoms with Crippen molar-refractivity contribution in [3.05, 3.63) is 64.4 Å². The van der Waals surface area contributed by atoms with Crippen LogP contribution in [-0.4, -0.2) is 39.8 Å². The van der Waals surface area contributed by atoms with E-state index in [9.17, 15) is 22.4 Å². The van der Waals surface area contributed by atoms with Crippen molar-refractivity contribution in [2.75, 3.05) is 0 Å². The molecule has 2 aromatic carbocycles. The number of halogens is 2. The van der Waals surface area contributed by atoms with E-state index in [0.29, 0.717) is 5.56 Å². The summed E-state index contributed by atoms with van der Waals surface area (Å²) in [5.41, 5.74) is 1.84. The van der Waals surface area contributed by atoms with Crippen molar-refractivity contribution in [3.8, 4) is 11.4 Å². The number of carbonyl (C=O) groups excluding carboxylic acids is 2. The molecule has 0 fully saturated rings. The van der Waals surface area contributed by atoms with Crippen LogP contribution in [0, 0.1) is 5.82 Å². The van der Waals surface area contributed by atoms with Crippen LogP contribution < -0.4 is 10.3 Å². The molecule has 3 rings (SSSR count). The van der Waals surface area contributed by atoms with Gasteiger partial charge in [0.2, 0.25) is 5.82 Å². The summed E-state index contributed by atoms with van der Waals surface area (Å²) in [6.45, 7) is -0.300. The van der Waals surface area contributed by atoms with Gasteiger partial charge in [-0.3, -0.25) is 10.2 Å². The van der Waals surface area contributed by atoms with Gasteiger partial charge >= 0.3 is 15.3 Å². The van der Waals surface area contributed by atoms with Gasteiger partial charge in [-0.05, 0) is 22.9 Å². The molecule has 0 aliphatic heterocycles. The van der Waals surface area contributed by atoms with Gasteiger partial charge in [0.1, 0.15) is 6.61 Å². The maximum atomic E-state index is 14.3. The first-order valence-electron chi connectivity index (χ1n) is 8.43. The second-order valence-electron chi connectivity index (χ2n) is 6.01. The third-order valence-corrected chi connectivity index (χ3v) is 4.96. The van der Waals surface area contributed by atoms with Crippen molar-refractivity contribution in [3.63, 3.8) is 0 Å². The third kappa shape index (κ3) is 5.39. The van der Waals surface area contributed by atoms with Crippen LogP contribution in [0.3, 0.4) is 0 Å². The Balaban J connectivity index is 1.69. The highest BCUT2D eigenvalue weighted by atomic mass is 35.5. The molecule has 1 amide bonds. The van der Waals surface area contributed by atoms with Crippen molar-refractivity contribution >= 4 is 32.8 Å². The molecule has 11 nitrogen and oxygen atoms in total. The van der Waals surface area contributed by atoms with Crippen LogP contribution in [0.5, 0.6) is 0 Å². The molecule has 1 heterocycles. The predicted octanol–water partition coefficient (Wildman–Crippen LogP) is 1.57. The SMILES string of the molecule is Cn1nnc(-c2cc(Cl)c(F)c(C(=O)NNS(=O)(=O)C(=O)OCc3ccccc3)c2)n1. The molecule has 0 saturated heterocycles. The topological polar surface area (TPSA) is 145 Å². The Morgan fingerprint density at radius 1 is 1.23 bits per heavy atom. The highest BCUT2D eigenvalue weighted by Gasteiger charge is 2.26. The summed E-state index contributed by atoms with van der Waals surface area (Å²) in [6, 6.07) is 10.6. The molecule has 0 radical (unpaired) electrons. The lowest BCUT2D eigenvalue weighted by atomic mass is 10.1. The molecule has 162 valence electrons. The van der Waals surface area contributed by atoms with Gasteiger partial charge in [-0.1, -0.05) is 41.9 Å². The highest BCUT2D eigenvalue weighted by molar-refractivity contribution is 8.03. The Labute approximate surface area is 180 Å². The summed E-state index contributed by atoms with van der Waals surface area (Å²) < 4.78 is 43.0. The summed E-state index contributed by atoms with van der Waals surface area (Å²) in [6.07, 6.45) is 0. The molecule has 1 aromatic heterocycles. The molecule has 0 aliphatic carbocycles. The van der Waals surface area contributed by atoms with E-state index in [1.54, 1.807) is 40.6 Å². The summed E-state index contributed by atoms with van der Waals surface area (Å²) in [5.74, 6) is -2.27. The number of hydrogen-bond acceptors (Lipinski definition) is 8. The lowest BCUT2D eigenvalue weighted by molar-refractivity contribution is 0.0941. The Bertz CT molecular complexity index is 1240. The molecular weight excluding hydrogens is 455 g/mol. The number of rotatable bonds is 6. The number of nitrogens with zero attached hydrogens (tertiary/aromatic N) is 4. The Kier molecular flexibility index (Phi) is 6.58. The number of nitrogens with one attached hydrogen (secondary N) is 2. The van der Waals surface area contributed by atoms with Crippen LogP contribution in [-0.2, 0) is 28.4 Å². The third-order valence-electron chi connectivity index (χ3n) is 3.76. The Morgan fingerprint density at radius 2 is 1.94 bits per heavy atom. The van der Waals surface area contributed by atoms with Gasteiger partial charge in [-0.15, -0.1) is 15.0 Å². The molecule has 0 bridgehead atoms. The van der Waals surface area contributed by atoms with Crippen LogP contribution in [0.4, 0.5) is 9.18 Å². The zero-order valence-corrected chi connectivity index (χ0v) is 17.3. The van der Waals surface area contributed by atoms with Crippen molar-refractivity contribution < 1.29 is 27.1 Å². The van der Waals surface area contributed by atoms with Gasteiger partial charge in [0.15, 0.2) is 5.82 Å². The fourth-order valence-electron chi connectivity index (χ4n) is 2.30. The maximum Gasteiger partial charge on any atom is 0.441 e. The average molecular weight is 469 g/mol. The number of ether oxygens (including phenoxy) is 1. The molecule has 2 N–H and O–H groups in total. The first kappa shape index (κ1) is 22.3. The van der Waals surface area contributed by atoms with Crippen molar-refractivity contribution in [2.45, 2.75) is 6.61 Å². The minimum atomic E-state index is -4.75. The zero-order valence-electron chi connectivity index (χ0n) is 15.7. The van der Waals surface area contributed by atoms with Gasteiger partial charge in [-0.25, -0.2) is 9.18 Å². The molecule has 31 heavy (non-hydrogen) atoms. The smallest absolute Gasteiger partial charge is 0.441 e. The minimum Gasteiger partial charge on any atom is -0.448 e. The van der Waals surface area contributed by atoms with Crippen LogP contribution in [0.2, 0.25) is 5.02 Å². The van der Waals surface area contributed by atoms with Crippen molar-refractivity contribution in [1.29, 1.82) is 0 Å². The van der Waals surface area contributed by atoms with E-state index in [-0.39, 0.29) is 18.0 Å². The second kappa shape index (κ2) is 9.16. The highest BCUT2D eigenvalue weighted by Crippen LogP contribution is 2.25. The molecule has 0 saturated carbocycles. The fraction of sp³-hybridized carbons (Fsp3) is 0.118. The van der Waals surface area contributed by atoms with Crippen molar-refractivity contribution in [1.82, 2.24) is 30.5 Å². The lowest BCUT2D eigenvalue weighted by Crippen LogP contribution is -2.44. The predicted molar refractivity (Wildman–Crippen MR) is 105 cm³/mol. The molecular formula is C17H14ClFN6O5S. The number of hydrazine groups is 1. The molecule has 0 aliphatic rings. The van der Waals surface area contributed by atoms with Gasteiger partial charge in [-0.2, -0.15) is 13.2 Å². The van der Waals surface area contributed by atoms with Gasteiger partial charge in [0.05, 0.1) is 17.6 Å². The number of tetrazole rings is 1. The molecule has 0 unspecified atom stereocenters. The van der Waals surface area contributed by atoms with Crippen LogP contribution in [0.15, 0.2) is 42.5 Å². The van der Waals surface area contributed by atoms with E-state index in [4.69, 9.17) is 16.3 Å². The monoisotopic (exact) mass is 468 g/mol. The van der Waals surface area contributed by atoms with Crippen molar-refractivity contribution in [2.24, 2.45) is 7.05 Å². The molecule has 0 spiro atoms. The van der Waals surface area contributed by atoms with Crippen LogP contribution in [0.1, 0.15) is 15.9 Å². The van der Waals surface area contributed by atoms with E-state index in [0.717, 1.165) is 10.9 Å². The number of sulfonamides is 1. The van der Waals surface area contributed by atoms with E-state index in [1.165, 1.54) is 13.1 Å². The van der Waals surface area contributed by atoms with Crippen LogP contribution >= 0.6 is 11.6 Å². The van der Waals surface area contributed by atoms with Crippen LogP contribution in [0.25, 0.3) is 11.4 Å². The zero-order chi connectivity index (χ0) is 22.6. The van der Waals surface area contributed by atoms with E-state index < -0.39 is 37.6 Å². The van der Waals surface area contributed by atoms with Gasteiger partial charge in [0.25, 0.3) is 5.91 Å². The standard InChI is InChI=1S/C17H14ClFN6O5S/c1-25-22-15(20-23-25)11-7-12(14(19)13(18)8-11)16(26)21-24-31(28,29)17(27)30-9-10-5-3-2-4-6-10/h2-8,24H,9H2,1H3,(H,21,26). The number of hydrogen-bond donors (Lipinski definition) is 2. The summed E-state index contributed by atoms with van der Waals surface area (Å²) in [5, 5.41) is 9.20. The second-order valence-corrected chi connectivity index (χ2v) is 7.96. The Hall–Kier alpha value is -3.42. The number of aromatic nitrogens is 4. The van der Waals surface area contributed by atoms with E-state index in [2.05, 4.69) is 15.4 Å². The quantitative estimate of drug-likeness (QED) is 0.409. The summed E-state index contributed by atoms with van der Waals surface area (Å²) in [4.78, 5) is 26.8. The molecule has 14 heteroatoms. The first-order valence-corrected chi connectivity index (χ1v) is 10.3. The number of benzene rings is 2. The first-order chi connectivity index (χ1) is 14.7. The summed E-state index contributed by atoms with van der Waals surface area (Å²) in [7, 11) is -3.25. The average Bonchev–Trinajstić information content (AvgIpc) is 3.19. The lowest BCUT2D eigenvalue weighted by Gasteiger charge is -2.10. The normalized spacial score (nSPS) is 11.2. The maximum absolute atomic E-state index is 14.3. The number of amides is 1. The molecule has 0 atom stereocenters. The molecule has 3 aromatic rings. The van der Waals surface area contributed by atoms with Gasteiger partial charge in [0, 0.05) is 5.56 Å². The van der Waals surface area contributed by atoms with E-state index in [1.807, 2.05) is 0 Å². The Morgan fingerprint density at radius 3 is 2.58 bits per heavy atom. The minimum absolute atomic E-state index is 0.0588.